The zero-order valence-electron chi connectivity index (χ0n) is 8.98. The van der Waals surface area contributed by atoms with Gasteiger partial charge < -0.3 is 0 Å². The molecule has 2 aliphatic heterocycles. The van der Waals surface area contributed by atoms with Gasteiger partial charge in [-0.1, -0.05) is 52.0 Å². The summed E-state index contributed by atoms with van der Waals surface area (Å²) in [6, 6.07) is 13.4. The van der Waals surface area contributed by atoms with Crippen molar-refractivity contribution in [2.24, 2.45) is 0 Å². The average molecular weight is 301 g/mol. The predicted octanol–water partition coefficient (Wildman–Crippen LogP) is 5.07. The monoisotopic (exact) mass is 300 g/mol. The van der Waals surface area contributed by atoms with Gasteiger partial charge in [0.05, 0.1) is 0 Å². The third-order valence-electron chi connectivity index (χ3n) is 3.37. The Bertz CT molecular complexity index is 658. The van der Waals surface area contributed by atoms with Crippen molar-refractivity contribution in [2.45, 2.75) is 15.7 Å². The lowest BCUT2D eigenvalue weighted by atomic mass is 9.93. The van der Waals surface area contributed by atoms with Gasteiger partial charge in [-0.25, -0.2) is 0 Å². The lowest BCUT2D eigenvalue weighted by Gasteiger charge is -2.12. The zero-order chi connectivity index (χ0) is 11.4. The molecule has 0 aromatic heterocycles. The Morgan fingerprint density at radius 3 is 2.94 bits per heavy atom. The first kappa shape index (κ1) is 9.98. The van der Waals surface area contributed by atoms with Crippen LogP contribution in [0.4, 0.5) is 0 Å². The standard InChI is InChI=1S/C15H9BrS/c16-14-8-12-7-10-4-5-13(15(10)14)9-2-1-3-11(6-9)17-12/h1-8,13H. The summed E-state index contributed by atoms with van der Waals surface area (Å²) < 4.78 is 1.23. The van der Waals surface area contributed by atoms with E-state index < -0.39 is 0 Å². The second kappa shape index (κ2) is 3.50. The summed E-state index contributed by atoms with van der Waals surface area (Å²) in [6.07, 6.45) is 4.54. The minimum Gasteiger partial charge on any atom is -0.0900 e. The number of benzene rings is 2. The third kappa shape index (κ3) is 1.44. The van der Waals surface area contributed by atoms with E-state index in [1.54, 1.807) is 0 Å². The van der Waals surface area contributed by atoms with E-state index in [-0.39, 0.29) is 0 Å². The molecular weight excluding hydrogens is 292 g/mol. The van der Waals surface area contributed by atoms with Crippen LogP contribution in [-0.2, 0) is 0 Å². The number of allylic oxidation sites excluding steroid dienone is 1. The molecule has 0 fully saturated rings. The summed E-state index contributed by atoms with van der Waals surface area (Å²) in [5.41, 5.74) is 4.15. The van der Waals surface area contributed by atoms with Gasteiger partial charge in [-0.15, -0.1) is 0 Å². The van der Waals surface area contributed by atoms with Crippen molar-refractivity contribution < 1.29 is 0 Å². The van der Waals surface area contributed by atoms with E-state index in [0.29, 0.717) is 5.92 Å². The quantitative estimate of drug-likeness (QED) is 0.654. The second-order valence-corrected chi connectivity index (χ2v) is 6.42. The smallest absolute Gasteiger partial charge is 0.0290 e. The summed E-state index contributed by atoms with van der Waals surface area (Å²) in [7, 11) is 0. The Labute approximate surface area is 113 Å². The van der Waals surface area contributed by atoms with Gasteiger partial charge in [-0.05, 0) is 41.0 Å². The first-order valence-electron chi connectivity index (χ1n) is 5.61. The molecule has 1 aliphatic carbocycles. The predicted molar refractivity (Wildman–Crippen MR) is 75.6 cm³/mol. The Morgan fingerprint density at radius 2 is 2.00 bits per heavy atom. The molecule has 0 radical (unpaired) electrons. The van der Waals surface area contributed by atoms with E-state index in [4.69, 9.17) is 0 Å². The molecule has 2 heteroatoms. The fourth-order valence-corrected chi connectivity index (χ4v) is 4.47. The van der Waals surface area contributed by atoms with Crippen molar-refractivity contribution in [1.29, 1.82) is 0 Å². The summed E-state index contributed by atoms with van der Waals surface area (Å²) in [4.78, 5) is 2.63. The summed E-state index contributed by atoms with van der Waals surface area (Å²) >= 11 is 5.56. The van der Waals surface area contributed by atoms with Gasteiger partial charge in [0.15, 0.2) is 0 Å². The molecule has 5 rings (SSSR count). The van der Waals surface area contributed by atoms with Crippen molar-refractivity contribution in [2.75, 3.05) is 0 Å². The Balaban J connectivity index is 2.11. The molecule has 3 aliphatic rings. The van der Waals surface area contributed by atoms with Gasteiger partial charge in [0, 0.05) is 20.2 Å². The second-order valence-electron chi connectivity index (χ2n) is 4.42. The summed E-state index contributed by atoms with van der Waals surface area (Å²) in [6.45, 7) is 0. The molecule has 0 nitrogen and oxygen atoms in total. The number of hydrogen-bond acceptors (Lipinski definition) is 1. The SMILES string of the molecule is Brc1cc2cc3c1C(C=C3)c1cccc(c1)S2. The maximum atomic E-state index is 3.72. The first-order valence-corrected chi connectivity index (χ1v) is 7.22. The molecule has 0 saturated carbocycles. The molecule has 0 spiro atoms. The largest absolute Gasteiger partial charge is 0.0900 e. The lowest BCUT2D eigenvalue weighted by Crippen LogP contribution is -1.96. The van der Waals surface area contributed by atoms with Crippen molar-refractivity contribution in [1.82, 2.24) is 0 Å². The van der Waals surface area contributed by atoms with Gasteiger partial charge in [0.1, 0.15) is 0 Å². The molecular formula is C15H9BrS. The van der Waals surface area contributed by atoms with Crippen molar-refractivity contribution >= 4 is 33.8 Å². The molecule has 82 valence electrons. The molecule has 0 amide bonds. The normalized spacial score (nSPS) is 19.0. The van der Waals surface area contributed by atoms with Crippen LogP contribution < -0.4 is 0 Å². The lowest BCUT2D eigenvalue weighted by molar-refractivity contribution is 1.03. The van der Waals surface area contributed by atoms with E-state index in [0.717, 1.165) is 0 Å². The molecule has 2 aromatic rings. The summed E-state index contributed by atoms with van der Waals surface area (Å²) in [5, 5.41) is 0. The maximum absolute atomic E-state index is 3.72. The van der Waals surface area contributed by atoms with E-state index in [1.807, 2.05) is 11.8 Å². The van der Waals surface area contributed by atoms with Gasteiger partial charge in [0.2, 0.25) is 0 Å². The zero-order valence-corrected chi connectivity index (χ0v) is 11.4. The molecule has 6 bridgehead atoms. The van der Waals surface area contributed by atoms with Crippen LogP contribution in [0.5, 0.6) is 0 Å². The van der Waals surface area contributed by atoms with Crippen LogP contribution in [0.3, 0.4) is 0 Å². The van der Waals surface area contributed by atoms with Crippen molar-refractivity contribution in [3.8, 4) is 0 Å². The molecule has 2 heterocycles. The van der Waals surface area contributed by atoms with Crippen LogP contribution in [-0.4, -0.2) is 0 Å². The van der Waals surface area contributed by atoms with Gasteiger partial charge in [-0.3, -0.25) is 0 Å². The van der Waals surface area contributed by atoms with Gasteiger partial charge in [-0.2, -0.15) is 0 Å². The van der Waals surface area contributed by atoms with Crippen LogP contribution >= 0.6 is 27.7 Å². The van der Waals surface area contributed by atoms with Crippen molar-refractivity contribution in [3.63, 3.8) is 0 Å². The maximum Gasteiger partial charge on any atom is 0.0290 e. The Kier molecular flexibility index (Phi) is 2.06. The van der Waals surface area contributed by atoms with Crippen LogP contribution in [0.2, 0.25) is 0 Å². The first-order chi connectivity index (χ1) is 8.31. The molecule has 1 atom stereocenters. The molecule has 1 unspecified atom stereocenters. The topological polar surface area (TPSA) is 0 Å². The highest BCUT2D eigenvalue weighted by molar-refractivity contribution is 9.10. The van der Waals surface area contributed by atoms with Crippen LogP contribution in [0.1, 0.15) is 22.6 Å². The van der Waals surface area contributed by atoms with E-state index in [1.165, 1.54) is 31.0 Å². The minimum absolute atomic E-state index is 0.409. The number of rotatable bonds is 0. The molecule has 0 N–H and O–H groups in total. The highest BCUT2D eigenvalue weighted by Gasteiger charge is 2.24. The summed E-state index contributed by atoms with van der Waals surface area (Å²) in [5.74, 6) is 0.409. The highest BCUT2D eigenvalue weighted by atomic mass is 79.9. The highest BCUT2D eigenvalue weighted by Crippen LogP contribution is 2.45. The molecule has 2 aromatic carbocycles. The number of hydrogen-bond donors (Lipinski definition) is 0. The van der Waals surface area contributed by atoms with E-state index in [9.17, 15) is 0 Å². The van der Waals surface area contributed by atoms with Crippen LogP contribution in [0, 0.1) is 0 Å². The molecule has 0 saturated heterocycles. The third-order valence-corrected chi connectivity index (χ3v) is 4.98. The minimum atomic E-state index is 0.409. The van der Waals surface area contributed by atoms with E-state index in [2.05, 4.69) is 64.5 Å². The van der Waals surface area contributed by atoms with Crippen LogP contribution in [0.15, 0.2) is 56.7 Å². The number of halogens is 1. The fraction of sp³-hybridized carbons (Fsp3) is 0.0667. The van der Waals surface area contributed by atoms with Gasteiger partial charge in [0.25, 0.3) is 0 Å². The fourth-order valence-electron chi connectivity index (χ4n) is 2.62. The average Bonchev–Trinajstić information content (AvgIpc) is 2.74. The van der Waals surface area contributed by atoms with Crippen molar-refractivity contribution in [3.05, 3.63) is 63.6 Å². The van der Waals surface area contributed by atoms with Gasteiger partial charge >= 0.3 is 0 Å². The molecule has 17 heavy (non-hydrogen) atoms. The van der Waals surface area contributed by atoms with Crippen LogP contribution in [0.25, 0.3) is 6.08 Å². The Hall–Kier alpha value is -0.990. The number of fused-ring (bicyclic) bond motifs is 1. The Morgan fingerprint density at radius 1 is 1.06 bits per heavy atom. The van der Waals surface area contributed by atoms with E-state index >= 15 is 0 Å².